The van der Waals surface area contributed by atoms with E-state index in [1.807, 2.05) is 4.90 Å². The molecule has 1 saturated heterocycles. The Morgan fingerprint density at radius 3 is 2.60 bits per heavy atom. The molecule has 0 N–H and O–H groups in total. The standard InChI is InChI=1S/C15H25NO4/c1-3-11-19-12-13-7-9-16(10-8-13)14(17)5-6-15(18)20-4-2/h3,13H,1,4-12H2,2H3. The maximum atomic E-state index is 11.9. The number of rotatable bonds is 8. The minimum atomic E-state index is -0.298. The van der Waals surface area contributed by atoms with Gasteiger partial charge in [0.15, 0.2) is 0 Å². The average Bonchev–Trinajstić information content (AvgIpc) is 2.46. The number of hydrogen-bond donors (Lipinski definition) is 0. The number of carbonyl (C=O) groups excluding carboxylic acids is 2. The fraction of sp³-hybridized carbons (Fsp3) is 0.733. The molecule has 0 aromatic heterocycles. The summed E-state index contributed by atoms with van der Waals surface area (Å²) in [6, 6.07) is 0. The molecule has 1 amide bonds. The summed E-state index contributed by atoms with van der Waals surface area (Å²) in [6.45, 7) is 8.56. The second-order valence-electron chi connectivity index (χ2n) is 4.96. The van der Waals surface area contributed by atoms with Crippen LogP contribution in [0.5, 0.6) is 0 Å². The number of likely N-dealkylation sites (tertiary alicyclic amines) is 1. The molecule has 1 aliphatic heterocycles. The summed E-state index contributed by atoms with van der Waals surface area (Å²) in [4.78, 5) is 25.0. The van der Waals surface area contributed by atoms with Crippen molar-refractivity contribution in [2.24, 2.45) is 5.92 Å². The highest BCUT2D eigenvalue weighted by Gasteiger charge is 2.23. The van der Waals surface area contributed by atoms with Crippen LogP contribution >= 0.6 is 0 Å². The van der Waals surface area contributed by atoms with Gasteiger partial charge in [0.05, 0.1) is 19.6 Å². The number of amides is 1. The fourth-order valence-corrected chi connectivity index (χ4v) is 2.27. The van der Waals surface area contributed by atoms with E-state index in [1.165, 1.54) is 0 Å². The monoisotopic (exact) mass is 283 g/mol. The van der Waals surface area contributed by atoms with E-state index < -0.39 is 0 Å². The number of esters is 1. The predicted molar refractivity (Wildman–Crippen MR) is 76.2 cm³/mol. The lowest BCUT2D eigenvalue weighted by molar-refractivity contribution is -0.146. The molecular weight excluding hydrogens is 258 g/mol. The smallest absolute Gasteiger partial charge is 0.306 e. The average molecular weight is 283 g/mol. The number of carbonyl (C=O) groups is 2. The van der Waals surface area contributed by atoms with Gasteiger partial charge in [0.1, 0.15) is 0 Å². The molecule has 0 aromatic carbocycles. The molecule has 0 spiro atoms. The Labute approximate surface area is 120 Å². The Kier molecular flexibility index (Phi) is 7.95. The van der Waals surface area contributed by atoms with Gasteiger partial charge in [-0.25, -0.2) is 0 Å². The first kappa shape index (κ1) is 16.7. The number of nitrogens with zero attached hydrogens (tertiary/aromatic N) is 1. The first-order chi connectivity index (χ1) is 9.67. The zero-order valence-corrected chi connectivity index (χ0v) is 12.3. The van der Waals surface area contributed by atoms with Crippen molar-refractivity contribution in [2.75, 3.05) is 32.9 Å². The van der Waals surface area contributed by atoms with Crippen LogP contribution in [0.2, 0.25) is 0 Å². The van der Waals surface area contributed by atoms with Gasteiger partial charge < -0.3 is 14.4 Å². The third-order valence-electron chi connectivity index (χ3n) is 3.40. The lowest BCUT2D eigenvalue weighted by Crippen LogP contribution is -2.39. The third kappa shape index (κ3) is 6.19. The van der Waals surface area contributed by atoms with E-state index in [-0.39, 0.29) is 24.7 Å². The van der Waals surface area contributed by atoms with Gasteiger partial charge in [-0.05, 0) is 25.7 Å². The van der Waals surface area contributed by atoms with Crippen LogP contribution in [0.25, 0.3) is 0 Å². The van der Waals surface area contributed by atoms with Crippen molar-refractivity contribution in [1.82, 2.24) is 4.90 Å². The van der Waals surface area contributed by atoms with E-state index in [2.05, 4.69) is 6.58 Å². The van der Waals surface area contributed by atoms with Crippen LogP contribution in [0.1, 0.15) is 32.6 Å². The predicted octanol–water partition coefficient (Wildman–Crippen LogP) is 1.77. The first-order valence-electron chi connectivity index (χ1n) is 7.29. The van der Waals surface area contributed by atoms with Crippen LogP contribution < -0.4 is 0 Å². The van der Waals surface area contributed by atoms with E-state index in [9.17, 15) is 9.59 Å². The maximum Gasteiger partial charge on any atom is 0.306 e. The van der Waals surface area contributed by atoms with Crippen LogP contribution in [-0.2, 0) is 19.1 Å². The Morgan fingerprint density at radius 2 is 2.00 bits per heavy atom. The molecule has 114 valence electrons. The van der Waals surface area contributed by atoms with Crippen molar-refractivity contribution in [3.05, 3.63) is 12.7 Å². The normalized spacial score (nSPS) is 15.9. The highest BCUT2D eigenvalue weighted by atomic mass is 16.5. The Bertz CT molecular complexity index is 322. The SMILES string of the molecule is C=CCOCC1CCN(C(=O)CCC(=O)OCC)CC1. The zero-order valence-electron chi connectivity index (χ0n) is 12.3. The van der Waals surface area contributed by atoms with E-state index >= 15 is 0 Å². The summed E-state index contributed by atoms with van der Waals surface area (Å²) < 4.78 is 10.3. The number of ether oxygens (including phenoxy) is 2. The molecule has 1 fully saturated rings. The molecule has 1 aliphatic rings. The van der Waals surface area contributed by atoms with Crippen LogP contribution in [-0.4, -0.2) is 49.7 Å². The topological polar surface area (TPSA) is 55.8 Å². The number of hydrogen-bond acceptors (Lipinski definition) is 4. The fourth-order valence-electron chi connectivity index (χ4n) is 2.27. The molecule has 0 unspecified atom stereocenters. The maximum absolute atomic E-state index is 11.9. The quantitative estimate of drug-likeness (QED) is 0.387. The van der Waals surface area contributed by atoms with Crippen molar-refractivity contribution >= 4 is 11.9 Å². The van der Waals surface area contributed by atoms with Gasteiger partial charge in [0.2, 0.25) is 5.91 Å². The van der Waals surface area contributed by atoms with Crippen LogP contribution in [0.3, 0.4) is 0 Å². The van der Waals surface area contributed by atoms with E-state index in [0.717, 1.165) is 32.5 Å². The van der Waals surface area contributed by atoms with Crippen LogP contribution in [0.15, 0.2) is 12.7 Å². The molecule has 0 radical (unpaired) electrons. The Hall–Kier alpha value is -1.36. The molecule has 0 bridgehead atoms. The van der Waals surface area contributed by atoms with Gasteiger partial charge in [-0.3, -0.25) is 9.59 Å². The van der Waals surface area contributed by atoms with Gasteiger partial charge in [0, 0.05) is 26.1 Å². The molecule has 0 saturated carbocycles. The van der Waals surface area contributed by atoms with Crippen LogP contribution in [0.4, 0.5) is 0 Å². The van der Waals surface area contributed by atoms with Gasteiger partial charge in [-0.15, -0.1) is 6.58 Å². The minimum Gasteiger partial charge on any atom is -0.466 e. The molecule has 5 heteroatoms. The molecular formula is C15H25NO4. The minimum absolute atomic E-state index is 0.0449. The highest BCUT2D eigenvalue weighted by molar-refractivity contribution is 5.81. The van der Waals surface area contributed by atoms with Crippen molar-refractivity contribution < 1.29 is 19.1 Å². The largest absolute Gasteiger partial charge is 0.466 e. The Balaban J connectivity index is 2.18. The summed E-state index contributed by atoms with van der Waals surface area (Å²) in [6.07, 6.45) is 4.09. The van der Waals surface area contributed by atoms with Crippen molar-refractivity contribution in [1.29, 1.82) is 0 Å². The van der Waals surface area contributed by atoms with Gasteiger partial charge in [-0.1, -0.05) is 6.08 Å². The van der Waals surface area contributed by atoms with E-state index in [1.54, 1.807) is 13.0 Å². The summed E-state index contributed by atoms with van der Waals surface area (Å²) in [5, 5.41) is 0. The highest BCUT2D eigenvalue weighted by Crippen LogP contribution is 2.18. The molecule has 5 nitrogen and oxygen atoms in total. The Morgan fingerprint density at radius 1 is 1.30 bits per heavy atom. The zero-order chi connectivity index (χ0) is 14.8. The lowest BCUT2D eigenvalue weighted by Gasteiger charge is -2.31. The molecule has 0 aliphatic carbocycles. The van der Waals surface area contributed by atoms with E-state index in [4.69, 9.17) is 9.47 Å². The molecule has 1 heterocycles. The van der Waals surface area contributed by atoms with Gasteiger partial charge in [0.25, 0.3) is 0 Å². The summed E-state index contributed by atoms with van der Waals surface area (Å²) >= 11 is 0. The van der Waals surface area contributed by atoms with E-state index in [0.29, 0.717) is 19.1 Å². The second kappa shape index (κ2) is 9.53. The van der Waals surface area contributed by atoms with Gasteiger partial charge >= 0.3 is 5.97 Å². The van der Waals surface area contributed by atoms with Crippen LogP contribution in [0, 0.1) is 5.92 Å². The third-order valence-corrected chi connectivity index (χ3v) is 3.40. The summed E-state index contributed by atoms with van der Waals surface area (Å²) in [5.41, 5.74) is 0. The molecule has 20 heavy (non-hydrogen) atoms. The lowest BCUT2D eigenvalue weighted by atomic mass is 9.97. The van der Waals surface area contributed by atoms with Crippen molar-refractivity contribution in [2.45, 2.75) is 32.6 Å². The summed E-state index contributed by atoms with van der Waals surface area (Å²) in [7, 11) is 0. The number of piperidine rings is 1. The summed E-state index contributed by atoms with van der Waals surface area (Å²) in [5.74, 6) is 0.265. The molecule has 1 rings (SSSR count). The molecule has 0 aromatic rings. The van der Waals surface area contributed by atoms with Crippen molar-refractivity contribution in [3.63, 3.8) is 0 Å². The van der Waals surface area contributed by atoms with Crippen molar-refractivity contribution in [3.8, 4) is 0 Å². The molecule has 0 atom stereocenters. The first-order valence-corrected chi connectivity index (χ1v) is 7.29. The second-order valence-corrected chi connectivity index (χ2v) is 4.96. The van der Waals surface area contributed by atoms with Gasteiger partial charge in [-0.2, -0.15) is 0 Å².